The van der Waals surface area contributed by atoms with Crippen molar-refractivity contribution in [3.63, 3.8) is 0 Å². The molecule has 3 heterocycles. The lowest BCUT2D eigenvalue weighted by Crippen LogP contribution is -2.41. The van der Waals surface area contributed by atoms with Crippen molar-refractivity contribution in [3.05, 3.63) is 64.9 Å². The summed E-state index contributed by atoms with van der Waals surface area (Å²) in [6.07, 6.45) is 2.87. The third-order valence-electron chi connectivity index (χ3n) is 5.03. The minimum absolute atomic E-state index is 0.101. The third kappa shape index (κ3) is 2.13. The van der Waals surface area contributed by atoms with Gasteiger partial charge in [-0.25, -0.2) is 9.78 Å². The Morgan fingerprint density at radius 2 is 2.12 bits per heavy atom. The summed E-state index contributed by atoms with van der Waals surface area (Å²) < 4.78 is 5.49. The molecular formula is C19H15N3O3S. The van der Waals surface area contributed by atoms with Crippen LogP contribution in [0.2, 0.25) is 0 Å². The monoisotopic (exact) mass is 365 g/mol. The van der Waals surface area contributed by atoms with Crippen LogP contribution in [0.1, 0.15) is 23.2 Å². The van der Waals surface area contributed by atoms with Gasteiger partial charge >= 0.3 is 6.03 Å². The first-order valence-electron chi connectivity index (χ1n) is 8.38. The number of thiophene rings is 1. The van der Waals surface area contributed by atoms with Crippen molar-refractivity contribution in [2.24, 2.45) is 0 Å². The number of carbonyl (C=O) groups is 2. The van der Waals surface area contributed by atoms with E-state index in [0.29, 0.717) is 18.0 Å². The highest BCUT2D eigenvalue weighted by atomic mass is 32.1. The van der Waals surface area contributed by atoms with Crippen LogP contribution in [0, 0.1) is 0 Å². The van der Waals surface area contributed by atoms with E-state index in [4.69, 9.17) is 4.42 Å². The Kier molecular flexibility index (Phi) is 3.27. The van der Waals surface area contributed by atoms with Crippen molar-refractivity contribution in [2.75, 3.05) is 0 Å². The number of aromatic nitrogens is 1. The van der Waals surface area contributed by atoms with Gasteiger partial charge in [-0.15, -0.1) is 11.3 Å². The zero-order chi connectivity index (χ0) is 17.7. The highest BCUT2D eigenvalue weighted by molar-refractivity contribution is 7.13. The van der Waals surface area contributed by atoms with Crippen molar-refractivity contribution in [1.29, 1.82) is 0 Å². The van der Waals surface area contributed by atoms with Crippen LogP contribution < -0.4 is 5.32 Å². The van der Waals surface area contributed by atoms with E-state index >= 15 is 0 Å². The Morgan fingerprint density at radius 1 is 1.23 bits per heavy atom. The van der Waals surface area contributed by atoms with Gasteiger partial charge in [0.15, 0.2) is 0 Å². The lowest BCUT2D eigenvalue weighted by atomic mass is 9.92. The highest BCUT2D eigenvalue weighted by Crippen LogP contribution is 2.41. The number of rotatable bonds is 3. The number of carbonyl (C=O) groups excluding carboxylic acids is 2. The van der Waals surface area contributed by atoms with Crippen molar-refractivity contribution >= 4 is 23.3 Å². The normalized spacial score (nSPS) is 21.5. The predicted molar refractivity (Wildman–Crippen MR) is 95.3 cm³/mol. The fourth-order valence-corrected chi connectivity index (χ4v) is 4.44. The number of hydrogen-bond acceptors (Lipinski definition) is 5. The van der Waals surface area contributed by atoms with Crippen LogP contribution in [0.25, 0.3) is 10.8 Å². The van der Waals surface area contributed by atoms with Crippen LogP contribution in [0.5, 0.6) is 0 Å². The van der Waals surface area contributed by atoms with Crippen molar-refractivity contribution in [1.82, 2.24) is 15.2 Å². The third-order valence-corrected chi connectivity index (χ3v) is 5.88. The zero-order valence-electron chi connectivity index (χ0n) is 13.8. The molecule has 1 saturated heterocycles. The average molecular weight is 365 g/mol. The van der Waals surface area contributed by atoms with Gasteiger partial charge in [0.05, 0.1) is 17.1 Å². The molecule has 130 valence electrons. The maximum atomic E-state index is 13.1. The highest BCUT2D eigenvalue weighted by Gasteiger charge is 2.55. The maximum absolute atomic E-state index is 13.1. The maximum Gasteiger partial charge on any atom is 0.325 e. The molecule has 3 amide bonds. The molecule has 1 aromatic carbocycles. The van der Waals surface area contributed by atoms with Crippen LogP contribution in [0.3, 0.4) is 0 Å². The minimum atomic E-state index is -0.937. The number of hydrogen-bond donors (Lipinski definition) is 1. The molecule has 1 unspecified atom stereocenters. The molecule has 1 spiro atoms. The molecule has 3 aromatic rings. The number of imide groups is 1. The van der Waals surface area contributed by atoms with Crippen molar-refractivity contribution < 1.29 is 14.0 Å². The number of amides is 3. The van der Waals surface area contributed by atoms with Crippen LogP contribution in [-0.2, 0) is 23.3 Å². The van der Waals surface area contributed by atoms with Gasteiger partial charge < -0.3 is 9.73 Å². The molecule has 1 N–H and O–H groups in total. The summed E-state index contributed by atoms with van der Waals surface area (Å²) in [6, 6.07) is 11.2. The number of nitrogens with one attached hydrogen (secondary N) is 1. The Labute approximate surface area is 153 Å². The van der Waals surface area contributed by atoms with E-state index in [2.05, 4.69) is 10.3 Å². The van der Waals surface area contributed by atoms with E-state index in [1.54, 1.807) is 0 Å². The van der Waals surface area contributed by atoms with E-state index in [1.165, 1.54) is 22.5 Å². The molecule has 0 saturated carbocycles. The summed E-state index contributed by atoms with van der Waals surface area (Å²) in [4.78, 5) is 32.2. The van der Waals surface area contributed by atoms with Crippen molar-refractivity contribution in [2.45, 2.75) is 24.9 Å². The average Bonchev–Trinajstić information content (AvgIpc) is 3.41. The number of oxazole rings is 1. The van der Waals surface area contributed by atoms with E-state index in [1.807, 2.05) is 41.8 Å². The lowest BCUT2D eigenvalue weighted by Gasteiger charge is -2.22. The first-order valence-corrected chi connectivity index (χ1v) is 9.26. The first-order chi connectivity index (χ1) is 12.7. The second kappa shape index (κ2) is 5.54. The number of aryl methyl sites for hydroxylation is 1. The van der Waals surface area contributed by atoms with E-state index in [-0.39, 0.29) is 18.5 Å². The lowest BCUT2D eigenvalue weighted by molar-refractivity contribution is -0.132. The van der Waals surface area contributed by atoms with E-state index in [9.17, 15) is 9.59 Å². The summed E-state index contributed by atoms with van der Waals surface area (Å²) >= 11 is 1.52. The van der Waals surface area contributed by atoms with Crippen LogP contribution in [-0.4, -0.2) is 21.8 Å². The number of nitrogens with zero attached hydrogens (tertiary/aromatic N) is 2. The van der Waals surface area contributed by atoms with Crippen LogP contribution >= 0.6 is 11.3 Å². The van der Waals surface area contributed by atoms with Gasteiger partial charge in [-0.2, -0.15) is 0 Å². The van der Waals surface area contributed by atoms with Crippen LogP contribution in [0.15, 0.2) is 52.5 Å². The largest absolute Gasteiger partial charge is 0.443 e. The van der Waals surface area contributed by atoms with E-state index in [0.717, 1.165) is 22.4 Å². The Balaban J connectivity index is 1.43. The fraction of sp³-hybridized carbons (Fsp3) is 0.211. The quantitative estimate of drug-likeness (QED) is 0.723. The van der Waals surface area contributed by atoms with Crippen LogP contribution in [0.4, 0.5) is 4.79 Å². The van der Waals surface area contributed by atoms with Gasteiger partial charge in [0.2, 0.25) is 5.89 Å². The number of urea groups is 1. The van der Waals surface area contributed by atoms with Gasteiger partial charge in [-0.05, 0) is 35.4 Å². The second-order valence-electron chi connectivity index (χ2n) is 6.51. The molecule has 6 nitrogen and oxygen atoms in total. The molecular weight excluding hydrogens is 350 g/mol. The summed E-state index contributed by atoms with van der Waals surface area (Å²) in [5, 5.41) is 4.86. The van der Waals surface area contributed by atoms with E-state index < -0.39 is 5.54 Å². The first kappa shape index (κ1) is 15.3. The molecule has 0 radical (unpaired) electrons. The van der Waals surface area contributed by atoms with Crippen molar-refractivity contribution in [3.8, 4) is 10.8 Å². The van der Waals surface area contributed by atoms with Gasteiger partial charge in [0.25, 0.3) is 5.91 Å². The SMILES string of the molecule is O=C1NC2(CCc3ccccc32)C(=O)N1Cc1coc(-c2cccs2)n1. The molecule has 0 bridgehead atoms. The van der Waals surface area contributed by atoms with Gasteiger partial charge in [0, 0.05) is 0 Å². The molecule has 1 atom stereocenters. The topological polar surface area (TPSA) is 75.4 Å². The minimum Gasteiger partial charge on any atom is -0.443 e. The number of fused-ring (bicyclic) bond motifs is 2. The molecule has 1 fully saturated rings. The molecule has 1 aliphatic carbocycles. The summed E-state index contributed by atoms with van der Waals surface area (Å²) in [5.74, 6) is 0.288. The molecule has 5 rings (SSSR count). The zero-order valence-corrected chi connectivity index (χ0v) is 14.6. The molecule has 2 aliphatic rings. The summed E-state index contributed by atoms with van der Waals surface area (Å²) in [5.41, 5.74) is 1.64. The fourth-order valence-electron chi connectivity index (χ4n) is 3.79. The Morgan fingerprint density at radius 3 is 2.96 bits per heavy atom. The number of benzene rings is 1. The van der Waals surface area contributed by atoms with Gasteiger partial charge in [-0.1, -0.05) is 30.3 Å². The molecule has 26 heavy (non-hydrogen) atoms. The smallest absolute Gasteiger partial charge is 0.325 e. The molecule has 1 aliphatic heterocycles. The van der Waals surface area contributed by atoms with Gasteiger partial charge in [0.1, 0.15) is 11.8 Å². The van der Waals surface area contributed by atoms with Gasteiger partial charge in [-0.3, -0.25) is 9.69 Å². The summed E-state index contributed by atoms with van der Waals surface area (Å²) in [7, 11) is 0. The molecule has 2 aromatic heterocycles. The standard InChI is InChI=1S/C19H15N3O3S/c23-17-19(8-7-12-4-1-2-5-14(12)19)21-18(24)22(17)10-13-11-25-16(20-13)15-6-3-9-26-15/h1-6,9,11H,7-8,10H2,(H,21,24). The Bertz CT molecular complexity index is 1010. The molecule has 7 heteroatoms. The summed E-state index contributed by atoms with van der Waals surface area (Å²) in [6.45, 7) is 0.101. The predicted octanol–water partition coefficient (Wildman–Crippen LogP) is 3.30. The second-order valence-corrected chi connectivity index (χ2v) is 7.45. The Hall–Kier alpha value is -2.93.